The van der Waals surface area contributed by atoms with Crippen LogP contribution in [-0.4, -0.2) is 23.8 Å². The molecule has 3 aliphatic rings. The number of para-hydroxylation sites is 1. The summed E-state index contributed by atoms with van der Waals surface area (Å²) in [6.07, 6.45) is 0. The Morgan fingerprint density at radius 3 is 2.34 bits per heavy atom. The molecule has 2 fully saturated rings. The zero-order chi connectivity index (χ0) is 20.5. The van der Waals surface area contributed by atoms with E-state index in [9.17, 15) is 14.4 Å². The minimum atomic E-state index is -1.22. The minimum Gasteiger partial charge on any atom is -0.324 e. The van der Waals surface area contributed by atoms with E-state index in [2.05, 4.69) is 10.6 Å². The molecule has 5 rings (SSSR count). The van der Waals surface area contributed by atoms with Crippen molar-refractivity contribution in [3.8, 4) is 0 Å². The lowest BCUT2D eigenvalue weighted by Crippen LogP contribution is -2.54. The van der Waals surface area contributed by atoms with Crippen molar-refractivity contribution in [3.63, 3.8) is 0 Å². The molecular weight excluding hydrogens is 366 g/mol. The maximum atomic E-state index is 13.7. The number of amides is 3. The van der Waals surface area contributed by atoms with E-state index in [1.165, 1.54) is 4.90 Å². The van der Waals surface area contributed by atoms with Gasteiger partial charge in [0.25, 0.3) is 0 Å². The highest BCUT2D eigenvalue weighted by molar-refractivity contribution is 6.25. The third kappa shape index (κ3) is 2.23. The Morgan fingerprint density at radius 2 is 1.66 bits per heavy atom. The van der Waals surface area contributed by atoms with Gasteiger partial charge in [-0.1, -0.05) is 49.7 Å². The zero-order valence-corrected chi connectivity index (χ0v) is 16.6. The Hall–Kier alpha value is -2.99. The quantitative estimate of drug-likeness (QED) is 0.774. The largest absolute Gasteiger partial charge is 0.324 e. The Bertz CT molecular complexity index is 1050. The molecule has 0 unspecified atom stereocenters. The average molecular weight is 389 g/mol. The average Bonchev–Trinajstić information content (AvgIpc) is 3.28. The molecule has 2 aromatic carbocycles. The van der Waals surface area contributed by atoms with Crippen molar-refractivity contribution in [2.45, 2.75) is 32.4 Å². The molecular formula is C23H23N3O3. The van der Waals surface area contributed by atoms with Crippen molar-refractivity contribution in [2.75, 3.05) is 10.2 Å². The number of rotatable bonds is 2. The first-order valence-electron chi connectivity index (χ1n) is 9.99. The van der Waals surface area contributed by atoms with E-state index in [0.29, 0.717) is 11.4 Å². The third-order valence-corrected chi connectivity index (χ3v) is 6.57. The van der Waals surface area contributed by atoms with E-state index in [0.717, 1.165) is 11.1 Å². The molecule has 6 nitrogen and oxygen atoms in total. The molecule has 0 aliphatic carbocycles. The van der Waals surface area contributed by atoms with Gasteiger partial charge in [0, 0.05) is 17.3 Å². The zero-order valence-electron chi connectivity index (χ0n) is 16.6. The van der Waals surface area contributed by atoms with Gasteiger partial charge in [-0.15, -0.1) is 0 Å². The van der Waals surface area contributed by atoms with Gasteiger partial charge in [-0.25, -0.2) is 4.90 Å². The molecule has 3 aliphatic heterocycles. The molecule has 3 amide bonds. The second kappa shape index (κ2) is 6.00. The molecule has 148 valence electrons. The van der Waals surface area contributed by atoms with Gasteiger partial charge in [0.1, 0.15) is 5.54 Å². The molecule has 29 heavy (non-hydrogen) atoms. The highest BCUT2D eigenvalue weighted by Gasteiger charge is 2.70. The highest BCUT2D eigenvalue weighted by atomic mass is 16.2. The molecule has 1 spiro atoms. The molecule has 0 aromatic heterocycles. The van der Waals surface area contributed by atoms with Gasteiger partial charge in [0.05, 0.1) is 17.5 Å². The van der Waals surface area contributed by atoms with Crippen LogP contribution in [0.1, 0.15) is 25.0 Å². The van der Waals surface area contributed by atoms with Crippen molar-refractivity contribution in [1.29, 1.82) is 0 Å². The Labute approximate surface area is 169 Å². The first-order valence-corrected chi connectivity index (χ1v) is 9.99. The number of benzene rings is 2. The van der Waals surface area contributed by atoms with Crippen molar-refractivity contribution in [3.05, 3.63) is 59.7 Å². The summed E-state index contributed by atoms with van der Waals surface area (Å²) in [4.78, 5) is 41.7. The SMILES string of the molecule is Cc1ccc(N2C(=O)[C@H]3[C@@H](C2=O)[C@@]2(N[C@H]3C(C)C)C(=O)Nc3ccccc32)cc1. The number of carbonyl (C=O) groups is 3. The van der Waals surface area contributed by atoms with Gasteiger partial charge in [-0.05, 0) is 31.0 Å². The standard InChI is InChI=1S/C23H23N3O3/c1-12(2)19-17-18(21(28)26(20(17)27)14-10-8-13(3)9-11-14)23(25-19)15-6-4-5-7-16(15)24-22(23)29/h4-12,17-19,25H,1-3H3,(H,24,29)/t17-,18-,19-,23+/m0/s1. The second-order valence-corrected chi connectivity index (χ2v) is 8.57. The maximum absolute atomic E-state index is 13.7. The summed E-state index contributed by atoms with van der Waals surface area (Å²) in [5.74, 6) is -2.08. The Balaban J connectivity index is 1.68. The van der Waals surface area contributed by atoms with Gasteiger partial charge in [0.15, 0.2) is 0 Å². The molecule has 0 bridgehead atoms. The summed E-state index contributed by atoms with van der Waals surface area (Å²) in [5, 5.41) is 6.35. The second-order valence-electron chi connectivity index (χ2n) is 8.57. The minimum absolute atomic E-state index is 0.0807. The number of anilines is 2. The van der Waals surface area contributed by atoms with Gasteiger partial charge in [-0.2, -0.15) is 0 Å². The van der Waals surface area contributed by atoms with Gasteiger partial charge in [0.2, 0.25) is 17.7 Å². The van der Waals surface area contributed by atoms with Crippen LogP contribution in [0.25, 0.3) is 0 Å². The van der Waals surface area contributed by atoms with Crippen molar-refractivity contribution >= 4 is 29.1 Å². The Morgan fingerprint density at radius 1 is 0.966 bits per heavy atom. The van der Waals surface area contributed by atoms with Crippen LogP contribution >= 0.6 is 0 Å². The molecule has 3 heterocycles. The lowest BCUT2D eigenvalue weighted by Gasteiger charge is -2.30. The number of carbonyl (C=O) groups excluding carboxylic acids is 3. The topological polar surface area (TPSA) is 78.5 Å². The predicted molar refractivity (Wildman–Crippen MR) is 109 cm³/mol. The lowest BCUT2D eigenvalue weighted by atomic mass is 9.76. The molecule has 2 aromatic rings. The molecule has 2 saturated heterocycles. The van der Waals surface area contributed by atoms with Gasteiger partial charge < -0.3 is 5.32 Å². The summed E-state index contributed by atoms with van der Waals surface area (Å²) < 4.78 is 0. The lowest BCUT2D eigenvalue weighted by molar-refractivity contribution is -0.130. The number of hydrogen-bond acceptors (Lipinski definition) is 4. The summed E-state index contributed by atoms with van der Waals surface area (Å²) in [5.41, 5.74) is 1.83. The molecule has 4 atom stereocenters. The van der Waals surface area contributed by atoms with Crippen LogP contribution in [0.3, 0.4) is 0 Å². The van der Waals surface area contributed by atoms with Crippen molar-refractivity contribution < 1.29 is 14.4 Å². The maximum Gasteiger partial charge on any atom is 0.250 e. The van der Waals surface area contributed by atoms with Crippen LogP contribution in [0, 0.1) is 24.7 Å². The first-order chi connectivity index (χ1) is 13.9. The summed E-state index contributed by atoms with van der Waals surface area (Å²) in [6.45, 7) is 5.98. The number of hydrogen-bond donors (Lipinski definition) is 2. The first kappa shape index (κ1) is 18.1. The van der Waals surface area contributed by atoms with E-state index in [1.54, 1.807) is 12.1 Å². The fourth-order valence-electron chi connectivity index (χ4n) is 5.21. The van der Waals surface area contributed by atoms with Crippen LogP contribution in [-0.2, 0) is 19.9 Å². The highest BCUT2D eigenvalue weighted by Crippen LogP contribution is 2.54. The van der Waals surface area contributed by atoms with E-state index >= 15 is 0 Å². The van der Waals surface area contributed by atoms with Gasteiger partial charge in [-0.3, -0.25) is 19.7 Å². The van der Waals surface area contributed by atoms with Crippen LogP contribution < -0.4 is 15.5 Å². The summed E-state index contributed by atoms with van der Waals surface area (Å²) in [6, 6.07) is 14.5. The summed E-state index contributed by atoms with van der Waals surface area (Å²) >= 11 is 0. The van der Waals surface area contributed by atoms with Crippen LogP contribution in [0.15, 0.2) is 48.5 Å². The fourth-order valence-corrected chi connectivity index (χ4v) is 5.21. The fraction of sp³-hybridized carbons (Fsp3) is 0.348. The number of imide groups is 1. The van der Waals surface area contributed by atoms with E-state index < -0.39 is 17.4 Å². The monoisotopic (exact) mass is 389 g/mol. The van der Waals surface area contributed by atoms with Crippen LogP contribution in [0.4, 0.5) is 11.4 Å². The van der Waals surface area contributed by atoms with Gasteiger partial charge >= 0.3 is 0 Å². The smallest absolute Gasteiger partial charge is 0.250 e. The molecule has 0 radical (unpaired) electrons. The number of nitrogens with zero attached hydrogens (tertiary/aromatic N) is 1. The van der Waals surface area contributed by atoms with Crippen LogP contribution in [0.5, 0.6) is 0 Å². The number of nitrogens with one attached hydrogen (secondary N) is 2. The molecule has 0 saturated carbocycles. The Kier molecular flexibility index (Phi) is 3.74. The molecule has 2 N–H and O–H groups in total. The number of fused-ring (bicyclic) bond motifs is 4. The predicted octanol–water partition coefficient (Wildman–Crippen LogP) is 2.58. The van der Waals surface area contributed by atoms with E-state index in [4.69, 9.17) is 0 Å². The third-order valence-electron chi connectivity index (χ3n) is 6.57. The van der Waals surface area contributed by atoms with E-state index in [-0.39, 0.29) is 29.7 Å². The molecule has 6 heteroatoms. The number of aryl methyl sites for hydroxylation is 1. The van der Waals surface area contributed by atoms with Crippen molar-refractivity contribution in [2.24, 2.45) is 17.8 Å². The normalized spacial score (nSPS) is 30.3. The van der Waals surface area contributed by atoms with Crippen LogP contribution in [0.2, 0.25) is 0 Å². The van der Waals surface area contributed by atoms with Crippen molar-refractivity contribution in [1.82, 2.24) is 5.32 Å². The van der Waals surface area contributed by atoms with E-state index in [1.807, 2.05) is 57.2 Å². The summed E-state index contributed by atoms with van der Waals surface area (Å²) in [7, 11) is 0.